The van der Waals surface area contributed by atoms with Crippen LogP contribution in [-0.2, 0) is 6.18 Å². The summed E-state index contributed by atoms with van der Waals surface area (Å²) in [5.74, 6) is -1.36. The molecular weight excluding hydrogens is 259 g/mol. The summed E-state index contributed by atoms with van der Waals surface area (Å²) in [4.78, 5) is 12.5. The maximum absolute atomic E-state index is 13.1. The molecule has 1 aliphatic heterocycles. The van der Waals surface area contributed by atoms with Crippen LogP contribution in [0.5, 0.6) is 0 Å². The Morgan fingerprint density at radius 3 is 2.58 bits per heavy atom. The van der Waals surface area contributed by atoms with Crippen molar-refractivity contribution >= 4 is 11.7 Å². The fourth-order valence-electron chi connectivity index (χ4n) is 2.44. The fraction of sp³-hybridized carbons (Fsp3) is 0.462. The van der Waals surface area contributed by atoms with E-state index in [1.807, 2.05) is 6.92 Å². The number of aromatic carboxylic acids is 1. The first kappa shape index (κ1) is 13.7. The number of alkyl halides is 3. The summed E-state index contributed by atoms with van der Waals surface area (Å²) in [7, 11) is 0. The minimum atomic E-state index is -4.55. The van der Waals surface area contributed by atoms with Crippen molar-refractivity contribution in [2.45, 2.75) is 32.0 Å². The molecule has 1 heterocycles. The molecule has 1 fully saturated rings. The summed E-state index contributed by atoms with van der Waals surface area (Å²) in [6, 6.07) is 3.23. The standard InChI is InChI=1S/C13H14F3NO2/c1-8-3-2-6-17(8)11-5-4-9(12(18)19)7-10(11)13(14,15)16/h4-5,7-8H,2-3,6H2,1H3,(H,18,19). The molecule has 19 heavy (non-hydrogen) atoms. The second kappa shape index (κ2) is 4.75. The van der Waals surface area contributed by atoms with E-state index in [9.17, 15) is 18.0 Å². The highest BCUT2D eigenvalue weighted by molar-refractivity contribution is 5.88. The highest BCUT2D eigenvalue weighted by Crippen LogP contribution is 2.39. The Hall–Kier alpha value is -1.72. The van der Waals surface area contributed by atoms with E-state index >= 15 is 0 Å². The quantitative estimate of drug-likeness (QED) is 0.897. The van der Waals surface area contributed by atoms with Crippen molar-refractivity contribution in [2.75, 3.05) is 11.4 Å². The van der Waals surface area contributed by atoms with E-state index in [4.69, 9.17) is 5.11 Å². The molecule has 0 saturated carbocycles. The number of hydrogen-bond acceptors (Lipinski definition) is 2. The molecule has 1 aromatic carbocycles. The maximum Gasteiger partial charge on any atom is 0.418 e. The summed E-state index contributed by atoms with van der Waals surface area (Å²) in [6.07, 6.45) is -2.86. The number of anilines is 1. The van der Waals surface area contributed by atoms with Gasteiger partial charge in [-0.1, -0.05) is 0 Å². The van der Waals surface area contributed by atoms with Crippen LogP contribution in [0.3, 0.4) is 0 Å². The molecule has 0 aromatic heterocycles. The molecule has 0 amide bonds. The van der Waals surface area contributed by atoms with Gasteiger partial charge in [0.1, 0.15) is 0 Å². The van der Waals surface area contributed by atoms with Crippen LogP contribution in [0.2, 0.25) is 0 Å². The van der Waals surface area contributed by atoms with Crippen LogP contribution in [0.4, 0.5) is 18.9 Å². The highest BCUT2D eigenvalue weighted by Gasteiger charge is 2.37. The molecule has 3 nitrogen and oxygen atoms in total. The Morgan fingerprint density at radius 1 is 1.42 bits per heavy atom. The van der Waals surface area contributed by atoms with Gasteiger partial charge in [-0.3, -0.25) is 0 Å². The van der Waals surface area contributed by atoms with Gasteiger partial charge in [-0.05, 0) is 38.0 Å². The zero-order chi connectivity index (χ0) is 14.2. The van der Waals surface area contributed by atoms with Gasteiger partial charge in [0, 0.05) is 18.3 Å². The SMILES string of the molecule is CC1CCCN1c1ccc(C(=O)O)cc1C(F)(F)F. The Kier molecular flexibility index (Phi) is 3.43. The molecule has 104 valence electrons. The number of nitrogens with zero attached hydrogens (tertiary/aromatic N) is 1. The van der Waals surface area contributed by atoms with Crippen LogP contribution in [0.25, 0.3) is 0 Å². The summed E-state index contributed by atoms with van der Waals surface area (Å²) >= 11 is 0. The third-order valence-electron chi connectivity index (χ3n) is 3.41. The molecule has 0 spiro atoms. The van der Waals surface area contributed by atoms with Crippen LogP contribution < -0.4 is 4.90 Å². The molecule has 0 aliphatic carbocycles. The number of rotatable bonds is 2. The number of benzene rings is 1. The van der Waals surface area contributed by atoms with E-state index in [0.717, 1.165) is 12.8 Å². The van der Waals surface area contributed by atoms with Crippen molar-refractivity contribution in [1.82, 2.24) is 0 Å². The molecule has 0 radical (unpaired) electrons. The van der Waals surface area contributed by atoms with Crippen LogP contribution >= 0.6 is 0 Å². The number of halogens is 3. The second-order valence-electron chi connectivity index (χ2n) is 4.72. The lowest BCUT2D eigenvalue weighted by Crippen LogP contribution is -2.29. The van der Waals surface area contributed by atoms with Gasteiger partial charge < -0.3 is 10.0 Å². The normalized spacial score (nSPS) is 19.8. The number of carboxylic acid groups (broad SMARTS) is 1. The minimum Gasteiger partial charge on any atom is -0.478 e. The van der Waals surface area contributed by atoms with E-state index in [0.29, 0.717) is 12.6 Å². The third-order valence-corrected chi connectivity index (χ3v) is 3.41. The van der Waals surface area contributed by atoms with Crippen molar-refractivity contribution in [2.24, 2.45) is 0 Å². The van der Waals surface area contributed by atoms with Gasteiger partial charge in [-0.2, -0.15) is 13.2 Å². The topological polar surface area (TPSA) is 40.5 Å². The maximum atomic E-state index is 13.1. The van der Waals surface area contributed by atoms with Crippen LogP contribution in [0.15, 0.2) is 18.2 Å². The Balaban J connectivity index is 2.51. The average Bonchev–Trinajstić information content (AvgIpc) is 2.73. The van der Waals surface area contributed by atoms with Crippen molar-refractivity contribution in [3.8, 4) is 0 Å². The van der Waals surface area contributed by atoms with Crippen LogP contribution in [-0.4, -0.2) is 23.7 Å². The Bertz CT molecular complexity index is 499. The van der Waals surface area contributed by atoms with E-state index in [1.54, 1.807) is 4.90 Å². The molecule has 2 rings (SSSR count). The van der Waals surface area contributed by atoms with Gasteiger partial charge in [0.15, 0.2) is 0 Å². The van der Waals surface area contributed by atoms with Crippen molar-refractivity contribution in [3.05, 3.63) is 29.3 Å². The molecule has 6 heteroatoms. The van der Waals surface area contributed by atoms with Gasteiger partial charge in [-0.15, -0.1) is 0 Å². The van der Waals surface area contributed by atoms with Crippen molar-refractivity contribution in [3.63, 3.8) is 0 Å². The van der Waals surface area contributed by atoms with Gasteiger partial charge in [-0.25, -0.2) is 4.79 Å². The van der Waals surface area contributed by atoms with E-state index in [-0.39, 0.29) is 17.3 Å². The first-order valence-corrected chi connectivity index (χ1v) is 6.02. The largest absolute Gasteiger partial charge is 0.478 e. The van der Waals surface area contributed by atoms with Crippen LogP contribution in [0, 0.1) is 0 Å². The number of carbonyl (C=O) groups is 1. The lowest BCUT2D eigenvalue weighted by Gasteiger charge is -2.27. The highest BCUT2D eigenvalue weighted by atomic mass is 19.4. The van der Waals surface area contributed by atoms with Gasteiger partial charge in [0.25, 0.3) is 0 Å². The second-order valence-corrected chi connectivity index (χ2v) is 4.72. The average molecular weight is 273 g/mol. The predicted molar refractivity (Wildman–Crippen MR) is 64.4 cm³/mol. The van der Waals surface area contributed by atoms with E-state index in [2.05, 4.69) is 0 Å². The lowest BCUT2D eigenvalue weighted by atomic mass is 10.1. The van der Waals surface area contributed by atoms with E-state index < -0.39 is 17.7 Å². The van der Waals surface area contributed by atoms with Gasteiger partial charge >= 0.3 is 12.1 Å². The van der Waals surface area contributed by atoms with Crippen molar-refractivity contribution in [1.29, 1.82) is 0 Å². The van der Waals surface area contributed by atoms with E-state index in [1.165, 1.54) is 12.1 Å². The third kappa shape index (κ3) is 2.67. The Labute approximate surface area is 108 Å². The van der Waals surface area contributed by atoms with Crippen molar-refractivity contribution < 1.29 is 23.1 Å². The molecule has 1 aliphatic rings. The molecule has 0 bridgehead atoms. The molecule has 1 saturated heterocycles. The molecule has 1 unspecified atom stereocenters. The van der Waals surface area contributed by atoms with Gasteiger partial charge in [0.05, 0.1) is 11.1 Å². The first-order valence-electron chi connectivity index (χ1n) is 6.02. The lowest BCUT2D eigenvalue weighted by molar-refractivity contribution is -0.137. The minimum absolute atomic E-state index is 0.0387. The summed E-state index contributed by atoms with van der Waals surface area (Å²) < 4.78 is 39.2. The summed E-state index contributed by atoms with van der Waals surface area (Å²) in [5, 5.41) is 8.80. The summed E-state index contributed by atoms with van der Waals surface area (Å²) in [6.45, 7) is 2.44. The first-order chi connectivity index (χ1) is 8.80. The number of hydrogen-bond donors (Lipinski definition) is 1. The zero-order valence-electron chi connectivity index (χ0n) is 10.4. The molecule has 1 atom stereocenters. The summed E-state index contributed by atoms with van der Waals surface area (Å²) in [5.41, 5.74) is -1.15. The molecule has 1 N–H and O–H groups in total. The fourth-order valence-corrected chi connectivity index (χ4v) is 2.44. The molecule has 1 aromatic rings. The monoisotopic (exact) mass is 273 g/mol. The molecular formula is C13H14F3NO2. The van der Waals surface area contributed by atoms with Crippen LogP contribution in [0.1, 0.15) is 35.7 Å². The number of carboxylic acids is 1. The smallest absolute Gasteiger partial charge is 0.418 e. The zero-order valence-corrected chi connectivity index (χ0v) is 10.4. The Morgan fingerprint density at radius 2 is 2.11 bits per heavy atom. The predicted octanol–water partition coefficient (Wildman–Crippen LogP) is 3.39. The van der Waals surface area contributed by atoms with Gasteiger partial charge in [0.2, 0.25) is 0 Å².